The van der Waals surface area contributed by atoms with Crippen molar-refractivity contribution in [1.82, 2.24) is 0 Å². The molecule has 2 N–H and O–H groups in total. The van der Waals surface area contributed by atoms with Gasteiger partial charge in [-0.3, -0.25) is 9.59 Å². The van der Waals surface area contributed by atoms with Crippen molar-refractivity contribution in [3.8, 4) is 0 Å². The van der Waals surface area contributed by atoms with Crippen molar-refractivity contribution < 1.29 is 9.59 Å². The minimum absolute atomic E-state index is 0.674. The first-order valence-corrected chi connectivity index (χ1v) is 6.40. The second kappa shape index (κ2) is 7.09. The van der Waals surface area contributed by atoms with Crippen molar-refractivity contribution >= 4 is 24.2 Å². The van der Waals surface area contributed by atoms with E-state index in [1.807, 2.05) is 48.5 Å². The van der Waals surface area contributed by atoms with Crippen molar-refractivity contribution in [2.75, 3.05) is 10.6 Å². The van der Waals surface area contributed by atoms with E-state index in [4.69, 9.17) is 0 Å². The van der Waals surface area contributed by atoms with Crippen LogP contribution < -0.4 is 10.6 Å². The minimum atomic E-state index is 0.674. The topological polar surface area (TPSA) is 58.2 Å². The first kappa shape index (κ1) is 13.8. The van der Waals surface area contributed by atoms with E-state index in [1.165, 1.54) is 0 Å². The van der Waals surface area contributed by atoms with Crippen LogP contribution in [0, 0.1) is 0 Å². The third kappa shape index (κ3) is 3.95. The first-order chi connectivity index (χ1) is 9.81. The molecule has 0 saturated heterocycles. The smallest absolute Gasteiger partial charge is 0.211 e. The lowest BCUT2D eigenvalue weighted by atomic mass is 10.0. The van der Waals surface area contributed by atoms with E-state index in [0.29, 0.717) is 12.8 Å². The predicted octanol–water partition coefficient (Wildman–Crippen LogP) is 2.61. The molecule has 0 atom stereocenters. The van der Waals surface area contributed by atoms with Crippen LogP contribution in [-0.2, 0) is 22.4 Å². The highest BCUT2D eigenvalue weighted by Crippen LogP contribution is 2.15. The molecule has 2 rings (SSSR count). The Morgan fingerprint density at radius 1 is 0.750 bits per heavy atom. The Morgan fingerprint density at radius 3 is 1.60 bits per heavy atom. The second-order valence-corrected chi connectivity index (χ2v) is 4.43. The maximum Gasteiger partial charge on any atom is 0.211 e. The summed E-state index contributed by atoms with van der Waals surface area (Å²) in [6.45, 7) is 0. The van der Waals surface area contributed by atoms with Gasteiger partial charge in [-0.15, -0.1) is 0 Å². The maximum atomic E-state index is 10.4. The van der Waals surface area contributed by atoms with Gasteiger partial charge in [0.2, 0.25) is 12.8 Å². The molecule has 102 valence electrons. The van der Waals surface area contributed by atoms with Gasteiger partial charge in [-0.1, -0.05) is 24.3 Å². The van der Waals surface area contributed by atoms with E-state index < -0.39 is 0 Å². The molecule has 0 aliphatic heterocycles. The van der Waals surface area contributed by atoms with Crippen molar-refractivity contribution in [2.24, 2.45) is 0 Å². The zero-order chi connectivity index (χ0) is 14.2. The van der Waals surface area contributed by atoms with Crippen LogP contribution in [0.15, 0.2) is 48.5 Å². The monoisotopic (exact) mass is 268 g/mol. The van der Waals surface area contributed by atoms with Gasteiger partial charge in [0.05, 0.1) is 0 Å². The number of anilines is 2. The summed E-state index contributed by atoms with van der Waals surface area (Å²) >= 11 is 0. The Labute approximate surface area is 117 Å². The van der Waals surface area contributed by atoms with Crippen molar-refractivity contribution in [3.63, 3.8) is 0 Å². The van der Waals surface area contributed by atoms with Crippen LogP contribution in [0.25, 0.3) is 0 Å². The molecule has 0 saturated carbocycles. The lowest BCUT2D eigenvalue weighted by molar-refractivity contribution is -0.106. The van der Waals surface area contributed by atoms with Gasteiger partial charge in [-0.25, -0.2) is 0 Å². The molecule has 0 bridgehead atoms. The highest BCUT2D eigenvalue weighted by Gasteiger charge is 1.99. The molecule has 0 aliphatic carbocycles. The van der Waals surface area contributed by atoms with Crippen LogP contribution in [0.5, 0.6) is 0 Å². The van der Waals surface area contributed by atoms with E-state index in [-0.39, 0.29) is 0 Å². The van der Waals surface area contributed by atoms with E-state index in [2.05, 4.69) is 10.6 Å². The van der Waals surface area contributed by atoms with Gasteiger partial charge < -0.3 is 10.6 Å². The Morgan fingerprint density at radius 2 is 1.20 bits per heavy atom. The van der Waals surface area contributed by atoms with Gasteiger partial charge in [0, 0.05) is 11.4 Å². The molecule has 2 aromatic carbocycles. The molecule has 4 nitrogen and oxygen atoms in total. The molecule has 0 spiro atoms. The first-order valence-electron chi connectivity index (χ1n) is 6.40. The highest BCUT2D eigenvalue weighted by atomic mass is 16.1. The van der Waals surface area contributed by atoms with Crippen LogP contribution in [0.4, 0.5) is 11.4 Å². The Hall–Kier alpha value is -2.62. The summed E-state index contributed by atoms with van der Waals surface area (Å²) in [6.07, 6.45) is 3.10. The number of rotatable bonds is 7. The SMILES string of the molecule is O=CNc1cccc(CCc2cccc(NC=O)c2)c1. The molecule has 0 aromatic heterocycles. The average Bonchev–Trinajstić information content (AvgIpc) is 2.47. The van der Waals surface area contributed by atoms with Gasteiger partial charge >= 0.3 is 0 Å². The lowest BCUT2D eigenvalue weighted by Crippen LogP contribution is -1.97. The Bertz CT molecular complexity index is 543. The minimum Gasteiger partial charge on any atom is -0.329 e. The Kier molecular flexibility index (Phi) is 4.89. The number of carbonyl (C=O) groups is 2. The molecular weight excluding hydrogens is 252 g/mol. The third-order valence-corrected chi connectivity index (χ3v) is 3.01. The molecule has 0 aliphatic rings. The van der Waals surface area contributed by atoms with Crippen molar-refractivity contribution in [2.45, 2.75) is 12.8 Å². The number of benzene rings is 2. The third-order valence-electron chi connectivity index (χ3n) is 3.01. The molecule has 0 unspecified atom stereocenters. The van der Waals surface area contributed by atoms with Crippen LogP contribution in [0.3, 0.4) is 0 Å². The fourth-order valence-electron chi connectivity index (χ4n) is 2.06. The summed E-state index contributed by atoms with van der Waals surface area (Å²) in [5, 5.41) is 5.29. The van der Waals surface area contributed by atoms with Crippen LogP contribution >= 0.6 is 0 Å². The number of hydrogen-bond acceptors (Lipinski definition) is 2. The normalized spacial score (nSPS) is 9.80. The fourth-order valence-corrected chi connectivity index (χ4v) is 2.06. The van der Waals surface area contributed by atoms with Gasteiger partial charge in [-0.2, -0.15) is 0 Å². The van der Waals surface area contributed by atoms with Crippen LogP contribution in [0.2, 0.25) is 0 Å². The molecular formula is C16H16N2O2. The number of carbonyl (C=O) groups excluding carboxylic acids is 2. The zero-order valence-corrected chi connectivity index (χ0v) is 11.0. The summed E-state index contributed by atoms with van der Waals surface area (Å²) < 4.78 is 0. The molecule has 4 heteroatoms. The maximum absolute atomic E-state index is 10.4. The molecule has 0 fully saturated rings. The van der Waals surface area contributed by atoms with E-state index in [0.717, 1.165) is 35.3 Å². The largest absolute Gasteiger partial charge is 0.329 e. The quantitative estimate of drug-likeness (QED) is 0.758. The average molecular weight is 268 g/mol. The number of nitrogens with one attached hydrogen (secondary N) is 2. The zero-order valence-electron chi connectivity index (χ0n) is 11.0. The van der Waals surface area contributed by atoms with Crippen LogP contribution in [0.1, 0.15) is 11.1 Å². The van der Waals surface area contributed by atoms with Gasteiger partial charge in [0.1, 0.15) is 0 Å². The van der Waals surface area contributed by atoms with Gasteiger partial charge in [-0.05, 0) is 48.2 Å². The van der Waals surface area contributed by atoms with Crippen molar-refractivity contribution in [1.29, 1.82) is 0 Å². The molecule has 20 heavy (non-hydrogen) atoms. The van der Waals surface area contributed by atoms with E-state index in [1.54, 1.807) is 0 Å². The number of hydrogen-bond donors (Lipinski definition) is 2. The molecule has 0 heterocycles. The molecule has 0 radical (unpaired) electrons. The number of aryl methyl sites for hydroxylation is 2. The summed E-state index contributed by atoms with van der Waals surface area (Å²) in [5.74, 6) is 0. The predicted molar refractivity (Wildman–Crippen MR) is 79.7 cm³/mol. The second-order valence-electron chi connectivity index (χ2n) is 4.43. The van der Waals surface area contributed by atoms with Crippen molar-refractivity contribution in [3.05, 3.63) is 59.7 Å². The molecule has 2 aromatic rings. The highest BCUT2D eigenvalue weighted by molar-refractivity contribution is 5.72. The van der Waals surface area contributed by atoms with E-state index >= 15 is 0 Å². The Balaban J connectivity index is 2.00. The summed E-state index contributed by atoms with van der Waals surface area (Å²) in [7, 11) is 0. The standard InChI is InChI=1S/C16H16N2O2/c19-11-17-15-5-1-3-13(9-15)7-8-14-4-2-6-16(10-14)18-12-20/h1-6,9-12H,7-8H2,(H,17,19)(H,18,20). The summed E-state index contributed by atoms with van der Waals surface area (Å²) in [5.41, 5.74) is 3.92. The van der Waals surface area contributed by atoms with Crippen LogP contribution in [-0.4, -0.2) is 12.8 Å². The van der Waals surface area contributed by atoms with Gasteiger partial charge in [0.15, 0.2) is 0 Å². The van der Waals surface area contributed by atoms with E-state index in [9.17, 15) is 9.59 Å². The summed E-state index contributed by atoms with van der Waals surface area (Å²) in [4.78, 5) is 20.8. The lowest BCUT2D eigenvalue weighted by Gasteiger charge is -2.06. The van der Waals surface area contributed by atoms with Gasteiger partial charge in [0.25, 0.3) is 0 Å². The molecule has 2 amide bonds. The fraction of sp³-hybridized carbons (Fsp3) is 0.125. The summed E-state index contributed by atoms with van der Waals surface area (Å²) in [6, 6.07) is 15.5. The number of amides is 2.